The second-order valence-corrected chi connectivity index (χ2v) is 13.4. The first-order valence-corrected chi connectivity index (χ1v) is 14.3. The molecule has 0 saturated carbocycles. The average molecular weight is 562 g/mol. The number of fused-ring (bicyclic) bond motifs is 1. The SMILES string of the molecule is CN1CC(c2nc(-c3cc4c(cc3F)S(=O)(=O)C[C@H](N)C(=O)N4Cc3ccc(Cl)cc3)no2)CC(C)(C)C1. The Hall–Kier alpha value is -2.86. The first kappa shape index (κ1) is 26.7. The minimum Gasteiger partial charge on any atom is -0.339 e. The molecule has 9 nitrogen and oxygen atoms in total. The van der Waals surface area contributed by atoms with Crippen molar-refractivity contribution in [3.8, 4) is 11.4 Å². The van der Waals surface area contributed by atoms with Gasteiger partial charge in [0.05, 0.1) is 40.4 Å². The van der Waals surface area contributed by atoms with E-state index in [9.17, 15) is 13.2 Å². The molecule has 1 unspecified atom stereocenters. The van der Waals surface area contributed by atoms with Crippen molar-refractivity contribution in [2.75, 3.05) is 30.8 Å². The van der Waals surface area contributed by atoms with E-state index in [-0.39, 0.29) is 39.8 Å². The summed E-state index contributed by atoms with van der Waals surface area (Å²) in [5.41, 5.74) is 6.65. The van der Waals surface area contributed by atoms with Crippen LogP contribution in [0.15, 0.2) is 45.8 Å². The van der Waals surface area contributed by atoms with Crippen molar-refractivity contribution < 1.29 is 22.1 Å². The lowest BCUT2D eigenvalue weighted by atomic mass is 9.79. The maximum Gasteiger partial charge on any atom is 0.245 e. The zero-order valence-corrected chi connectivity index (χ0v) is 22.9. The number of piperidine rings is 1. The molecule has 2 atom stereocenters. The summed E-state index contributed by atoms with van der Waals surface area (Å²) in [5.74, 6) is -1.73. The Morgan fingerprint density at radius 2 is 1.95 bits per heavy atom. The second kappa shape index (κ2) is 9.71. The minimum atomic E-state index is -4.06. The lowest BCUT2D eigenvalue weighted by Crippen LogP contribution is -2.45. The van der Waals surface area contributed by atoms with Crippen LogP contribution in [0.25, 0.3) is 11.4 Å². The van der Waals surface area contributed by atoms with E-state index in [1.54, 1.807) is 24.3 Å². The first-order chi connectivity index (χ1) is 17.8. The average Bonchev–Trinajstić information content (AvgIpc) is 3.30. The third kappa shape index (κ3) is 5.20. The molecule has 38 heavy (non-hydrogen) atoms. The highest BCUT2D eigenvalue weighted by atomic mass is 35.5. The van der Waals surface area contributed by atoms with E-state index in [0.717, 1.165) is 25.6 Å². The van der Waals surface area contributed by atoms with Gasteiger partial charge >= 0.3 is 0 Å². The normalized spacial score (nSPS) is 23.2. The third-order valence-electron chi connectivity index (χ3n) is 6.97. The smallest absolute Gasteiger partial charge is 0.245 e. The largest absolute Gasteiger partial charge is 0.339 e. The number of carbonyl (C=O) groups is 1. The number of nitrogens with zero attached hydrogens (tertiary/aromatic N) is 4. The van der Waals surface area contributed by atoms with Crippen molar-refractivity contribution in [1.82, 2.24) is 15.0 Å². The molecule has 5 rings (SSSR count). The zero-order valence-electron chi connectivity index (χ0n) is 21.3. The second-order valence-electron chi connectivity index (χ2n) is 11.0. The Balaban J connectivity index is 1.58. The molecular formula is C26H29ClFN5O4S. The van der Waals surface area contributed by atoms with Gasteiger partial charge in [0.1, 0.15) is 5.82 Å². The first-order valence-electron chi connectivity index (χ1n) is 12.2. The summed E-state index contributed by atoms with van der Waals surface area (Å²) in [5, 5.41) is 4.53. The highest BCUT2D eigenvalue weighted by Gasteiger charge is 2.38. The molecule has 0 aliphatic carbocycles. The molecule has 2 aliphatic heterocycles. The van der Waals surface area contributed by atoms with Crippen LogP contribution in [0.5, 0.6) is 0 Å². The molecule has 2 aliphatic rings. The van der Waals surface area contributed by atoms with Crippen LogP contribution in [0, 0.1) is 11.2 Å². The van der Waals surface area contributed by atoms with Gasteiger partial charge in [0.25, 0.3) is 0 Å². The fraction of sp³-hybridized carbons (Fsp3) is 0.423. The Bertz CT molecular complexity index is 1490. The molecule has 2 N–H and O–H groups in total. The van der Waals surface area contributed by atoms with E-state index >= 15 is 4.39 Å². The number of aromatic nitrogens is 2. The maximum absolute atomic E-state index is 15.4. The van der Waals surface area contributed by atoms with Crippen molar-refractivity contribution in [1.29, 1.82) is 0 Å². The number of sulfone groups is 1. The van der Waals surface area contributed by atoms with Gasteiger partial charge in [0, 0.05) is 18.1 Å². The van der Waals surface area contributed by atoms with E-state index in [1.807, 2.05) is 7.05 Å². The maximum atomic E-state index is 15.4. The van der Waals surface area contributed by atoms with Gasteiger partial charge in [-0.3, -0.25) is 4.79 Å². The molecule has 1 saturated heterocycles. The van der Waals surface area contributed by atoms with Crippen molar-refractivity contribution in [3.63, 3.8) is 0 Å². The summed E-state index contributed by atoms with van der Waals surface area (Å²) in [6.45, 7) is 5.99. The summed E-state index contributed by atoms with van der Waals surface area (Å²) in [4.78, 5) is 20.9. The molecule has 3 aromatic rings. The number of nitrogens with two attached hydrogens (primary N) is 1. The van der Waals surface area contributed by atoms with Crippen LogP contribution in [-0.2, 0) is 21.2 Å². The van der Waals surface area contributed by atoms with Crippen molar-refractivity contribution in [2.24, 2.45) is 11.1 Å². The van der Waals surface area contributed by atoms with Crippen molar-refractivity contribution in [2.45, 2.75) is 43.7 Å². The van der Waals surface area contributed by atoms with Gasteiger partial charge in [0.15, 0.2) is 9.84 Å². The monoisotopic (exact) mass is 561 g/mol. The Labute approximate surface area is 225 Å². The Morgan fingerprint density at radius 1 is 1.24 bits per heavy atom. The predicted molar refractivity (Wildman–Crippen MR) is 141 cm³/mol. The van der Waals surface area contributed by atoms with Gasteiger partial charge < -0.3 is 20.1 Å². The lowest BCUT2D eigenvalue weighted by Gasteiger charge is -2.39. The highest BCUT2D eigenvalue weighted by Crippen LogP contribution is 2.39. The molecule has 1 aromatic heterocycles. The molecular weight excluding hydrogens is 533 g/mol. The number of halogens is 2. The number of amides is 1. The minimum absolute atomic E-state index is 0.0122. The zero-order chi connectivity index (χ0) is 27.4. The van der Waals surface area contributed by atoms with Crippen LogP contribution in [0.1, 0.15) is 37.6 Å². The fourth-order valence-electron chi connectivity index (χ4n) is 5.47. The van der Waals surface area contributed by atoms with E-state index < -0.39 is 33.4 Å². The number of likely N-dealkylation sites (tertiary alicyclic amines) is 1. The van der Waals surface area contributed by atoms with Gasteiger partial charge in [-0.05, 0) is 48.7 Å². The van der Waals surface area contributed by atoms with Gasteiger partial charge in [-0.2, -0.15) is 4.98 Å². The molecule has 1 fully saturated rings. The van der Waals surface area contributed by atoms with Crippen LogP contribution in [-0.4, -0.2) is 61.3 Å². The van der Waals surface area contributed by atoms with E-state index in [0.29, 0.717) is 16.5 Å². The fourth-order valence-corrected chi connectivity index (χ4v) is 7.16. The van der Waals surface area contributed by atoms with Crippen LogP contribution in [0.3, 0.4) is 0 Å². The number of carbonyl (C=O) groups excluding carboxylic acids is 1. The molecule has 3 heterocycles. The summed E-state index contributed by atoms with van der Waals surface area (Å²) in [7, 11) is -2.04. The molecule has 12 heteroatoms. The molecule has 1 amide bonds. The van der Waals surface area contributed by atoms with Crippen LogP contribution in [0.4, 0.5) is 10.1 Å². The number of anilines is 1. The van der Waals surface area contributed by atoms with Gasteiger partial charge in [-0.1, -0.05) is 42.7 Å². The summed E-state index contributed by atoms with van der Waals surface area (Å²) < 4.78 is 47.2. The molecule has 0 radical (unpaired) electrons. The Kier molecular flexibility index (Phi) is 6.83. The number of hydrogen-bond acceptors (Lipinski definition) is 8. The predicted octanol–water partition coefficient (Wildman–Crippen LogP) is 3.62. The molecule has 0 spiro atoms. The lowest BCUT2D eigenvalue weighted by molar-refractivity contribution is -0.119. The highest BCUT2D eigenvalue weighted by molar-refractivity contribution is 7.91. The van der Waals surface area contributed by atoms with E-state index in [2.05, 4.69) is 28.9 Å². The summed E-state index contributed by atoms with van der Waals surface area (Å²) >= 11 is 5.99. The number of hydrogen-bond donors (Lipinski definition) is 1. The summed E-state index contributed by atoms with van der Waals surface area (Å²) in [6.07, 6.45) is 0.825. The van der Waals surface area contributed by atoms with Gasteiger partial charge in [-0.15, -0.1) is 0 Å². The van der Waals surface area contributed by atoms with E-state index in [4.69, 9.17) is 21.9 Å². The van der Waals surface area contributed by atoms with E-state index in [1.165, 1.54) is 11.0 Å². The van der Waals surface area contributed by atoms with Crippen LogP contribution in [0.2, 0.25) is 5.02 Å². The standard InChI is InChI=1S/C26H29ClFN5O4S/c1-26(2)10-16(12-32(3)14-26)24-30-23(31-37-24)18-8-21-22(9-19(18)28)38(35,36)13-20(29)25(34)33(21)11-15-4-6-17(27)7-5-15/h4-9,16,20H,10-14,29H2,1-3H3/t16?,20-/m0/s1. The van der Waals surface area contributed by atoms with Gasteiger partial charge in [-0.25, -0.2) is 12.8 Å². The van der Waals surface area contributed by atoms with Crippen LogP contribution >= 0.6 is 11.6 Å². The van der Waals surface area contributed by atoms with Crippen molar-refractivity contribution in [3.05, 3.63) is 58.7 Å². The molecule has 202 valence electrons. The third-order valence-corrected chi connectivity index (χ3v) is 9.02. The topological polar surface area (TPSA) is 123 Å². The number of rotatable bonds is 4. The van der Waals surface area contributed by atoms with Crippen LogP contribution < -0.4 is 10.6 Å². The number of likely N-dealkylation sites (N-methyl/N-ethyl adjacent to an activating group) is 1. The summed E-state index contributed by atoms with van der Waals surface area (Å²) in [6, 6.07) is 7.66. The quantitative estimate of drug-likeness (QED) is 0.512. The van der Waals surface area contributed by atoms with Gasteiger partial charge in [0.2, 0.25) is 17.6 Å². The number of benzene rings is 2. The Morgan fingerprint density at radius 3 is 2.63 bits per heavy atom. The molecule has 2 aromatic carbocycles. The molecule has 0 bridgehead atoms. The van der Waals surface area contributed by atoms with Crippen molar-refractivity contribution >= 4 is 33.0 Å².